The number of aromatic nitrogens is 1. The number of hydrogen-bond acceptors (Lipinski definition) is 6. The molecule has 1 aliphatic heterocycles. The molecule has 28 heavy (non-hydrogen) atoms. The van der Waals surface area contributed by atoms with Gasteiger partial charge in [-0.2, -0.15) is 5.26 Å². The lowest BCUT2D eigenvalue weighted by Crippen LogP contribution is -2.54. The van der Waals surface area contributed by atoms with Gasteiger partial charge in [-0.05, 0) is 44.4 Å². The number of rotatable bonds is 4. The first kappa shape index (κ1) is 20.9. The maximum absolute atomic E-state index is 13.2. The van der Waals surface area contributed by atoms with E-state index in [1.807, 2.05) is 15.2 Å². The Morgan fingerprint density at radius 3 is 2.50 bits per heavy atom. The fraction of sp³-hybridized carbons (Fsp3) is 0.684. The van der Waals surface area contributed by atoms with Crippen LogP contribution in [0.25, 0.3) is 0 Å². The second kappa shape index (κ2) is 9.61. The van der Waals surface area contributed by atoms with E-state index < -0.39 is 0 Å². The van der Waals surface area contributed by atoms with Crippen molar-refractivity contribution in [3.63, 3.8) is 0 Å². The first-order valence-electron chi connectivity index (χ1n) is 9.84. The van der Waals surface area contributed by atoms with E-state index in [-0.39, 0.29) is 24.0 Å². The molecule has 2 fully saturated rings. The highest BCUT2D eigenvalue weighted by atomic mass is 32.2. The molecule has 7 nitrogen and oxygen atoms in total. The Kier molecular flexibility index (Phi) is 7.18. The molecule has 1 saturated heterocycles. The lowest BCUT2D eigenvalue weighted by molar-refractivity contribution is -0.130. The number of amides is 3. The summed E-state index contributed by atoms with van der Waals surface area (Å²) in [6, 6.07) is 0.267. The number of anilines is 1. The van der Waals surface area contributed by atoms with E-state index >= 15 is 0 Å². The van der Waals surface area contributed by atoms with Crippen molar-refractivity contribution in [1.29, 1.82) is 5.26 Å². The zero-order chi connectivity index (χ0) is 20.1. The van der Waals surface area contributed by atoms with Gasteiger partial charge in [-0.1, -0.05) is 18.3 Å². The molecule has 0 atom stereocenters. The average molecular weight is 422 g/mol. The predicted octanol–water partition coefficient (Wildman–Crippen LogP) is 4.14. The standard InChI is InChI=1S/C19H27N5O2S2/c1-13-3-5-15(6-4-13)24(16-7-9-23(10-8-16)14(2)25)19(26)22-18-21-11-17(28-18)27-12-20/h11,13,15-16H,3-10H2,1-2H3,(H,21,22,26). The Hall–Kier alpha value is -1.79. The van der Waals surface area contributed by atoms with Gasteiger partial charge in [0.1, 0.15) is 5.40 Å². The Labute approximate surface area is 174 Å². The van der Waals surface area contributed by atoms with Crippen LogP contribution < -0.4 is 5.32 Å². The number of nitrogens with zero attached hydrogens (tertiary/aromatic N) is 4. The van der Waals surface area contributed by atoms with Gasteiger partial charge in [-0.3, -0.25) is 10.1 Å². The number of likely N-dealkylation sites (tertiary alicyclic amines) is 1. The molecule has 3 rings (SSSR count). The summed E-state index contributed by atoms with van der Waals surface area (Å²) in [6.07, 6.45) is 7.57. The van der Waals surface area contributed by atoms with Crippen molar-refractivity contribution < 1.29 is 9.59 Å². The van der Waals surface area contributed by atoms with Crippen LogP contribution >= 0.6 is 23.1 Å². The van der Waals surface area contributed by atoms with Gasteiger partial charge in [-0.15, -0.1) is 0 Å². The van der Waals surface area contributed by atoms with Gasteiger partial charge >= 0.3 is 6.03 Å². The first-order valence-corrected chi connectivity index (χ1v) is 11.5. The van der Waals surface area contributed by atoms with Crippen LogP contribution in [-0.2, 0) is 4.79 Å². The topological polar surface area (TPSA) is 89.3 Å². The number of thioether (sulfide) groups is 1. The Morgan fingerprint density at radius 2 is 1.89 bits per heavy atom. The third-order valence-electron chi connectivity index (χ3n) is 5.76. The predicted molar refractivity (Wildman–Crippen MR) is 111 cm³/mol. The van der Waals surface area contributed by atoms with Gasteiger partial charge in [0, 0.05) is 43.9 Å². The van der Waals surface area contributed by atoms with E-state index in [9.17, 15) is 9.59 Å². The molecule has 0 aromatic carbocycles. The monoisotopic (exact) mass is 421 g/mol. The summed E-state index contributed by atoms with van der Waals surface area (Å²) in [5, 5.41) is 14.3. The molecule has 0 bridgehead atoms. The molecule has 1 aliphatic carbocycles. The normalized spacial score (nSPS) is 23.1. The summed E-state index contributed by atoms with van der Waals surface area (Å²) >= 11 is 2.37. The van der Waals surface area contributed by atoms with Crippen LogP contribution in [-0.4, -0.2) is 51.9 Å². The van der Waals surface area contributed by atoms with Crippen LogP contribution in [0.2, 0.25) is 0 Å². The summed E-state index contributed by atoms with van der Waals surface area (Å²) < 4.78 is 0.769. The highest BCUT2D eigenvalue weighted by Crippen LogP contribution is 2.32. The van der Waals surface area contributed by atoms with Crippen molar-refractivity contribution in [2.45, 2.75) is 68.7 Å². The van der Waals surface area contributed by atoms with Crippen LogP contribution in [0.3, 0.4) is 0 Å². The number of piperidine rings is 1. The molecule has 1 N–H and O–H groups in total. The van der Waals surface area contributed by atoms with Crippen LogP contribution in [0.5, 0.6) is 0 Å². The van der Waals surface area contributed by atoms with Crippen LogP contribution in [0.15, 0.2) is 10.4 Å². The number of nitriles is 1. The molecule has 1 saturated carbocycles. The fourth-order valence-electron chi connectivity index (χ4n) is 4.17. The summed E-state index contributed by atoms with van der Waals surface area (Å²) in [6.45, 7) is 5.28. The number of hydrogen-bond donors (Lipinski definition) is 1. The van der Waals surface area contributed by atoms with Gasteiger partial charge < -0.3 is 9.80 Å². The van der Waals surface area contributed by atoms with E-state index in [1.165, 1.54) is 11.3 Å². The van der Waals surface area contributed by atoms with Crippen molar-refractivity contribution in [3.05, 3.63) is 6.20 Å². The average Bonchev–Trinajstić information content (AvgIpc) is 3.11. The van der Waals surface area contributed by atoms with Crippen LogP contribution in [0.1, 0.15) is 52.4 Å². The molecule has 0 unspecified atom stereocenters. The van der Waals surface area contributed by atoms with E-state index in [1.54, 1.807) is 13.1 Å². The molecular weight excluding hydrogens is 394 g/mol. The SMILES string of the molecule is CC(=O)N1CCC(N(C(=O)Nc2ncc(SC#N)s2)C2CCC(C)CC2)CC1. The minimum Gasteiger partial charge on any atom is -0.343 e. The van der Waals surface area contributed by atoms with Gasteiger partial charge in [0.05, 0.1) is 10.4 Å². The minimum atomic E-state index is -0.108. The van der Waals surface area contributed by atoms with Crippen LogP contribution in [0, 0.1) is 16.6 Å². The Morgan fingerprint density at radius 1 is 1.25 bits per heavy atom. The number of carbonyl (C=O) groups is 2. The largest absolute Gasteiger partial charge is 0.343 e. The third-order valence-corrected chi connectivity index (χ3v) is 7.37. The summed E-state index contributed by atoms with van der Waals surface area (Å²) in [5.74, 6) is 0.816. The second-order valence-corrected chi connectivity index (χ2v) is 9.78. The van der Waals surface area contributed by atoms with Crippen molar-refractivity contribution >= 4 is 40.2 Å². The summed E-state index contributed by atoms with van der Waals surface area (Å²) in [7, 11) is 0. The minimum absolute atomic E-state index is 0.103. The van der Waals surface area contributed by atoms with E-state index in [4.69, 9.17) is 5.26 Å². The Bertz CT molecular complexity index is 731. The number of carbonyl (C=O) groups excluding carboxylic acids is 2. The quantitative estimate of drug-likeness (QED) is 0.583. The van der Waals surface area contributed by atoms with Gasteiger partial charge in [-0.25, -0.2) is 9.78 Å². The molecule has 1 aromatic heterocycles. The second-order valence-electron chi connectivity index (χ2n) is 7.67. The maximum atomic E-state index is 13.2. The molecule has 152 valence electrons. The molecule has 0 radical (unpaired) electrons. The smallest absolute Gasteiger partial charge is 0.324 e. The molecule has 1 aromatic rings. The summed E-state index contributed by atoms with van der Waals surface area (Å²) in [5.41, 5.74) is 0. The first-order chi connectivity index (χ1) is 13.5. The zero-order valence-electron chi connectivity index (χ0n) is 16.4. The number of thiocyanates is 1. The molecule has 3 amide bonds. The van der Waals surface area contributed by atoms with Gasteiger partial charge in [0.2, 0.25) is 5.91 Å². The van der Waals surface area contributed by atoms with Gasteiger partial charge in [0.15, 0.2) is 5.13 Å². The van der Waals surface area contributed by atoms with Crippen molar-refractivity contribution in [1.82, 2.24) is 14.8 Å². The highest BCUT2D eigenvalue weighted by Gasteiger charge is 2.35. The molecule has 2 heterocycles. The maximum Gasteiger partial charge on any atom is 0.324 e. The molecular formula is C19H27N5O2S2. The number of urea groups is 1. The van der Waals surface area contributed by atoms with Crippen molar-refractivity contribution in [3.8, 4) is 5.40 Å². The number of thiazole rings is 1. The van der Waals surface area contributed by atoms with E-state index in [0.29, 0.717) is 24.1 Å². The Balaban J connectivity index is 1.71. The van der Waals surface area contributed by atoms with E-state index in [0.717, 1.165) is 54.5 Å². The fourth-order valence-corrected chi connectivity index (χ4v) is 5.43. The lowest BCUT2D eigenvalue weighted by atomic mass is 9.85. The zero-order valence-corrected chi connectivity index (χ0v) is 18.0. The van der Waals surface area contributed by atoms with E-state index in [2.05, 4.69) is 17.2 Å². The molecule has 9 heteroatoms. The van der Waals surface area contributed by atoms with Crippen molar-refractivity contribution in [2.24, 2.45) is 5.92 Å². The van der Waals surface area contributed by atoms with Crippen LogP contribution in [0.4, 0.5) is 9.93 Å². The molecule has 0 spiro atoms. The lowest BCUT2D eigenvalue weighted by Gasteiger charge is -2.44. The number of nitrogens with one attached hydrogen (secondary N) is 1. The molecule has 2 aliphatic rings. The highest BCUT2D eigenvalue weighted by molar-refractivity contribution is 8.05. The van der Waals surface area contributed by atoms with Crippen molar-refractivity contribution in [2.75, 3.05) is 18.4 Å². The summed E-state index contributed by atoms with van der Waals surface area (Å²) in [4.78, 5) is 33.0. The third kappa shape index (κ3) is 5.17. The van der Waals surface area contributed by atoms with Gasteiger partial charge in [0.25, 0.3) is 0 Å².